The second kappa shape index (κ2) is 7.28. The summed E-state index contributed by atoms with van der Waals surface area (Å²) in [5.41, 5.74) is 3.47. The van der Waals surface area contributed by atoms with E-state index in [2.05, 4.69) is 42.2 Å². The van der Waals surface area contributed by atoms with E-state index in [1.807, 2.05) is 12.1 Å². The van der Waals surface area contributed by atoms with Crippen molar-refractivity contribution >= 4 is 11.6 Å². The normalized spacial score (nSPS) is 16.6. The summed E-state index contributed by atoms with van der Waals surface area (Å²) in [7, 11) is 0. The molecule has 0 bridgehead atoms. The molecule has 0 aliphatic carbocycles. The summed E-state index contributed by atoms with van der Waals surface area (Å²) in [6.07, 6.45) is 0.359. The van der Waals surface area contributed by atoms with E-state index in [1.165, 1.54) is 5.56 Å². The molecule has 140 valence electrons. The van der Waals surface area contributed by atoms with Crippen LogP contribution in [0.1, 0.15) is 49.1 Å². The van der Waals surface area contributed by atoms with Gasteiger partial charge in [0.15, 0.2) is 5.82 Å². The lowest BCUT2D eigenvalue weighted by Crippen LogP contribution is -2.24. The zero-order chi connectivity index (χ0) is 19.7. The fraction of sp³-hybridized carbons (Fsp3) is 0.273. The van der Waals surface area contributed by atoms with Crippen molar-refractivity contribution < 1.29 is 9.32 Å². The number of hydrogen-bond acceptors (Lipinski definition) is 5. The Balaban J connectivity index is 1.51. The number of hydrogen-bond donors (Lipinski definition) is 0. The molecule has 0 radical (unpaired) electrons. The molecule has 1 aliphatic rings. The van der Waals surface area contributed by atoms with Crippen LogP contribution in [-0.4, -0.2) is 22.6 Å². The number of anilines is 1. The highest BCUT2D eigenvalue weighted by Crippen LogP contribution is 2.32. The third-order valence-electron chi connectivity index (χ3n) is 5.06. The Hall–Kier alpha value is -3.46. The van der Waals surface area contributed by atoms with Gasteiger partial charge in [0.05, 0.1) is 11.6 Å². The molecule has 28 heavy (non-hydrogen) atoms. The maximum atomic E-state index is 12.5. The van der Waals surface area contributed by atoms with Gasteiger partial charge in [0, 0.05) is 30.1 Å². The van der Waals surface area contributed by atoms with Crippen LogP contribution in [0.3, 0.4) is 0 Å². The van der Waals surface area contributed by atoms with Crippen LogP contribution in [0.15, 0.2) is 53.1 Å². The summed E-state index contributed by atoms with van der Waals surface area (Å²) in [6.45, 7) is 4.83. The number of carbonyl (C=O) groups excluding carboxylic acids is 1. The van der Waals surface area contributed by atoms with Crippen LogP contribution in [0.2, 0.25) is 0 Å². The predicted octanol–water partition coefficient (Wildman–Crippen LogP) is 4.25. The fourth-order valence-corrected chi connectivity index (χ4v) is 3.37. The molecule has 0 spiro atoms. The van der Waals surface area contributed by atoms with Gasteiger partial charge in [-0.3, -0.25) is 4.79 Å². The van der Waals surface area contributed by atoms with Gasteiger partial charge in [-0.05, 0) is 47.9 Å². The second-order valence-corrected chi connectivity index (χ2v) is 7.30. The number of aromatic nitrogens is 2. The van der Waals surface area contributed by atoms with Crippen molar-refractivity contribution in [1.82, 2.24) is 10.1 Å². The van der Waals surface area contributed by atoms with E-state index in [0.717, 1.165) is 11.3 Å². The third-order valence-corrected chi connectivity index (χ3v) is 5.06. The highest BCUT2D eigenvalue weighted by atomic mass is 16.5. The lowest BCUT2D eigenvalue weighted by Gasteiger charge is -2.17. The van der Waals surface area contributed by atoms with Crippen molar-refractivity contribution in [3.63, 3.8) is 0 Å². The lowest BCUT2D eigenvalue weighted by atomic mass is 10.0. The lowest BCUT2D eigenvalue weighted by molar-refractivity contribution is -0.117. The molecule has 1 atom stereocenters. The highest BCUT2D eigenvalue weighted by molar-refractivity contribution is 5.96. The molecule has 4 rings (SSSR count). The van der Waals surface area contributed by atoms with E-state index >= 15 is 0 Å². The van der Waals surface area contributed by atoms with Crippen LogP contribution in [0.5, 0.6) is 0 Å². The average Bonchev–Trinajstić information content (AvgIpc) is 3.35. The van der Waals surface area contributed by atoms with Gasteiger partial charge in [-0.15, -0.1) is 0 Å². The maximum absolute atomic E-state index is 12.5. The number of amides is 1. The monoisotopic (exact) mass is 372 g/mol. The zero-order valence-electron chi connectivity index (χ0n) is 15.8. The van der Waals surface area contributed by atoms with Gasteiger partial charge < -0.3 is 9.42 Å². The molecule has 1 fully saturated rings. The van der Waals surface area contributed by atoms with Crippen LogP contribution in [0, 0.1) is 11.3 Å². The minimum atomic E-state index is -0.104. The summed E-state index contributed by atoms with van der Waals surface area (Å²) >= 11 is 0. The number of benzene rings is 2. The molecule has 1 aromatic heterocycles. The number of carbonyl (C=O) groups is 1. The summed E-state index contributed by atoms with van der Waals surface area (Å²) in [6, 6.07) is 17.2. The Labute approximate surface area is 163 Å². The zero-order valence-corrected chi connectivity index (χ0v) is 15.8. The van der Waals surface area contributed by atoms with Gasteiger partial charge in [0.25, 0.3) is 5.89 Å². The molecule has 6 nitrogen and oxygen atoms in total. The molecule has 3 aromatic rings. The third kappa shape index (κ3) is 3.39. The summed E-state index contributed by atoms with van der Waals surface area (Å²) in [4.78, 5) is 18.8. The number of rotatable bonds is 4. The first-order valence-corrected chi connectivity index (χ1v) is 9.29. The quantitative estimate of drug-likeness (QED) is 0.683. The second-order valence-electron chi connectivity index (χ2n) is 7.30. The van der Waals surface area contributed by atoms with Crippen LogP contribution >= 0.6 is 0 Å². The van der Waals surface area contributed by atoms with Gasteiger partial charge in [-0.2, -0.15) is 10.2 Å². The van der Waals surface area contributed by atoms with Crippen LogP contribution in [-0.2, 0) is 4.79 Å². The van der Waals surface area contributed by atoms with Crippen LogP contribution in [0.25, 0.3) is 11.5 Å². The summed E-state index contributed by atoms with van der Waals surface area (Å²) in [5.74, 6) is 1.34. The minimum absolute atomic E-state index is 0.0621. The molecule has 2 aromatic carbocycles. The average molecular weight is 372 g/mol. The molecule has 1 aliphatic heterocycles. The van der Waals surface area contributed by atoms with E-state index in [1.54, 1.807) is 29.2 Å². The van der Waals surface area contributed by atoms with E-state index < -0.39 is 0 Å². The Morgan fingerprint density at radius 1 is 1.14 bits per heavy atom. The summed E-state index contributed by atoms with van der Waals surface area (Å²) < 4.78 is 5.38. The Bertz CT molecular complexity index is 1030. The maximum Gasteiger partial charge on any atom is 0.257 e. The van der Waals surface area contributed by atoms with Crippen molar-refractivity contribution in [2.75, 3.05) is 11.4 Å². The minimum Gasteiger partial charge on any atom is -0.334 e. The number of nitrogens with zero attached hydrogens (tertiary/aromatic N) is 4. The smallest absolute Gasteiger partial charge is 0.257 e. The predicted molar refractivity (Wildman–Crippen MR) is 105 cm³/mol. The van der Waals surface area contributed by atoms with E-state index in [4.69, 9.17) is 9.78 Å². The Morgan fingerprint density at radius 2 is 1.86 bits per heavy atom. The van der Waals surface area contributed by atoms with Crippen molar-refractivity contribution in [3.8, 4) is 17.5 Å². The molecular formula is C22H20N4O2. The van der Waals surface area contributed by atoms with E-state index in [9.17, 15) is 4.79 Å². The van der Waals surface area contributed by atoms with Gasteiger partial charge in [-0.1, -0.05) is 31.1 Å². The number of nitriles is 1. The molecule has 1 saturated heterocycles. The topological polar surface area (TPSA) is 83.0 Å². The van der Waals surface area contributed by atoms with Crippen molar-refractivity contribution in [1.29, 1.82) is 5.26 Å². The molecule has 1 amide bonds. The largest absolute Gasteiger partial charge is 0.334 e. The van der Waals surface area contributed by atoms with Crippen LogP contribution in [0.4, 0.5) is 5.69 Å². The van der Waals surface area contributed by atoms with Crippen LogP contribution < -0.4 is 4.90 Å². The van der Waals surface area contributed by atoms with Crippen molar-refractivity contribution in [2.45, 2.75) is 32.1 Å². The first-order chi connectivity index (χ1) is 13.5. The Morgan fingerprint density at radius 3 is 2.50 bits per heavy atom. The molecule has 6 heteroatoms. The van der Waals surface area contributed by atoms with E-state index in [0.29, 0.717) is 36.2 Å². The SMILES string of the molecule is CC(C)c1ccc(N2CC(c3noc(-c4ccc(C#N)cc4)n3)CC2=O)cc1. The van der Waals surface area contributed by atoms with Gasteiger partial charge in [0.1, 0.15) is 0 Å². The fourth-order valence-electron chi connectivity index (χ4n) is 3.37. The van der Waals surface area contributed by atoms with Gasteiger partial charge in [0.2, 0.25) is 5.91 Å². The molecule has 0 N–H and O–H groups in total. The molecule has 2 heterocycles. The first kappa shape index (κ1) is 17.9. The van der Waals surface area contributed by atoms with Gasteiger partial charge in [-0.25, -0.2) is 0 Å². The van der Waals surface area contributed by atoms with E-state index in [-0.39, 0.29) is 11.8 Å². The van der Waals surface area contributed by atoms with Crippen molar-refractivity contribution in [2.24, 2.45) is 0 Å². The standard InChI is InChI=1S/C22H20N4O2/c1-14(2)16-7-9-19(10-8-16)26-13-18(11-20(26)27)21-24-22(28-25-21)17-5-3-15(12-23)4-6-17/h3-10,14,18H,11,13H2,1-2H3. The summed E-state index contributed by atoms with van der Waals surface area (Å²) in [5, 5.41) is 13.0. The molecular weight excluding hydrogens is 352 g/mol. The van der Waals surface area contributed by atoms with Crippen molar-refractivity contribution in [3.05, 3.63) is 65.5 Å². The molecule has 1 unspecified atom stereocenters. The van der Waals surface area contributed by atoms with Gasteiger partial charge >= 0.3 is 0 Å². The molecule has 0 saturated carbocycles. The first-order valence-electron chi connectivity index (χ1n) is 9.29. The Kier molecular flexibility index (Phi) is 4.66. The highest BCUT2D eigenvalue weighted by Gasteiger charge is 2.34.